The lowest BCUT2D eigenvalue weighted by molar-refractivity contribution is -0.265. The number of anilines is 2. The van der Waals surface area contributed by atoms with Gasteiger partial charge in [0.2, 0.25) is 0 Å². The van der Waals surface area contributed by atoms with Crippen LogP contribution in [0, 0.1) is 30.1 Å². The fourth-order valence-electron chi connectivity index (χ4n) is 5.02. The molecule has 1 aliphatic rings. The molecule has 3 aromatic rings. The Bertz CT molecular complexity index is 1670. The van der Waals surface area contributed by atoms with Gasteiger partial charge in [0.05, 0.1) is 34.4 Å². The van der Waals surface area contributed by atoms with E-state index in [1.165, 1.54) is 18.2 Å². The van der Waals surface area contributed by atoms with Crippen molar-refractivity contribution >= 4 is 21.2 Å². The highest BCUT2D eigenvalue weighted by Crippen LogP contribution is 2.49. The van der Waals surface area contributed by atoms with Gasteiger partial charge >= 0.3 is 6.18 Å². The van der Waals surface area contributed by atoms with Crippen molar-refractivity contribution in [2.75, 3.05) is 18.2 Å². The SMILES string of the molecule is Cc1cc(C#N)cc(Nc2ccccc2)c1C#CCC(O)(CC1(C)CCOc2ccc(S(C)(=O)=O)cc21)C(F)(F)F. The van der Waals surface area contributed by atoms with Crippen LogP contribution in [-0.4, -0.2) is 38.2 Å². The van der Waals surface area contributed by atoms with E-state index in [-0.39, 0.29) is 23.7 Å². The van der Waals surface area contributed by atoms with Gasteiger partial charge < -0.3 is 15.2 Å². The maximum atomic E-state index is 14.5. The number of sulfone groups is 1. The first-order chi connectivity index (χ1) is 19.1. The molecule has 0 aromatic heterocycles. The second-order valence-electron chi connectivity index (χ2n) is 10.6. The van der Waals surface area contributed by atoms with Crippen molar-refractivity contribution < 1.29 is 31.4 Å². The molecule has 10 heteroatoms. The summed E-state index contributed by atoms with van der Waals surface area (Å²) in [5.74, 6) is 5.63. The Kier molecular flexibility index (Phi) is 8.13. The molecule has 214 valence electrons. The van der Waals surface area contributed by atoms with Gasteiger partial charge in [-0.2, -0.15) is 18.4 Å². The number of hydrogen-bond donors (Lipinski definition) is 2. The molecule has 0 radical (unpaired) electrons. The van der Waals surface area contributed by atoms with Crippen molar-refractivity contribution in [3.8, 4) is 23.7 Å². The van der Waals surface area contributed by atoms with Gasteiger partial charge in [-0.3, -0.25) is 0 Å². The molecule has 0 fully saturated rings. The number of ether oxygens (including phenoxy) is 1. The lowest BCUT2D eigenvalue weighted by Crippen LogP contribution is -2.50. The van der Waals surface area contributed by atoms with Crippen molar-refractivity contribution in [3.05, 3.63) is 82.9 Å². The molecule has 1 heterocycles. The third-order valence-corrected chi connectivity index (χ3v) is 8.37. The quantitative estimate of drug-likeness (QED) is 0.337. The molecular weight excluding hydrogens is 553 g/mol. The van der Waals surface area contributed by atoms with Crippen molar-refractivity contribution in [1.29, 1.82) is 5.26 Å². The highest BCUT2D eigenvalue weighted by atomic mass is 32.2. The average molecular weight is 583 g/mol. The summed E-state index contributed by atoms with van der Waals surface area (Å²) in [7, 11) is -3.63. The fourth-order valence-corrected chi connectivity index (χ4v) is 5.67. The first kappa shape index (κ1) is 30.0. The molecule has 0 saturated heterocycles. The monoisotopic (exact) mass is 582 g/mol. The fraction of sp³-hybridized carbons (Fsp3) is 0.323. The summed E-state index contributed by atoms with van der Waals surface area (Å²) in [5, 5.41) is 23.7. The van der Waals surface area contributed by atoms with E-state index < -0.39 is 39.9 Å². The maximum absolute atomic E-state index is 14.5. The molecule has 0 aliphatic carbocycles. The number of rotatable bonds is 6. The molecule has 6 nitrogen and oxygen atoms in total. The number of nitriles is 1. The van der Waals surface area contributed by atoms with Crippen molar-refractivity contribution in [3.63, 3.8) is 0 Å². The molecule has 1 aliphatic heterocycles. The number of aliphatic hydroxyl groups is 1. The van der Waals surface area contributed by atoms with Crippen molar-refractivity contribution in [2.24, 2.45) is 0 Å². The number of nitrogens with one attached hydrogen (secondary N) is 1. The third-order valence-electron chi connectivity index (χ3n) is 7.26. The molecular formula is C31H29F3N2O4S. The van der Waals surface area contributed by atoms with Crippen LogP contribution in [0.2, 0.25) is 0 Å². The van der Waals surface area contributed by atoms with Crippen molar-refractivity contribution in [2.45, 2.75) is 55.2 Å². The third kappa shape index (κ3) is 6.51. The van der Waals surface area contributed by atoms with Crippen LogP contribution in [0.25, 0.3) is 0 Å². The minimum Gasteiger partial charge on any atom is -0.493 e. The number of aryl methyl sites for hydroxylation is 1. The number of nitrogens with zero attached hydrogens (tertiary/aromatic N) is 1. The van der Waals surface area contributed by atoms with Crippen LogP contribution in [0.1, 0.15) is 48.4 Å². The summed E-state index contributed by atoms with van der Waals surface area (Å²) < 4.78 is 73.3. The summed E-state index contributed by atoms with van der Waals surface area (Å²) in [4.78, 5) is -0.0435. The Morgan fingerprint density at radius 3 is 2.46 bits per heavy atom. The number of hydrogen-bond acceptors (Lipinski definition) is 6. The number of fused-ring (bicyclic) bond motifs is 1. The van der Waals surface area contributed by atoms with E-state index in [9.17, 15) is 32.0 Å². The van der Waals surface area contributed by atoms with Crippen LogP contribution in [0.5, 0.6) is 5.75 Å². The molecule has 0 bridgehead atoms. The van der Waals surface area contributed by atoms with Gasteiger partial charge in [0.15, 0.2) is 15.4 Å². The first-order valence-electron chi connectivity index (χ1n) is 12.8. The largest absolute Gasteiger partial charge is 0.493 e. The van der Waals surface area contributed by atoms with Crippen LogP contribution in [0.3, 0.4) is 0 Å². The topological polar surface area (TPSA) is 99.4 Å². The summed E-state index contributed by atoms with van der Waals surface area (Å²) in [6.45, 7) is 3.38. The highest BCUT2D eigenvalue weighted by molar-refractivity contribution is 7.90. The predicted molar refractivity (Wildman–Crippen MR) is 150 cm³/mol. The number of benzene rings is 3. The van der Waals surface area contributed by atoms with Gasteiger partial charge in [-0.25, -0.2) is 8.42 Å². The predicted octanol–water partition coefficient (Wildman–Crippen LogP) is 6.18. The number of alkyl halides is 3. The second-order valence-corrected chi connectivity index (χ2v) is 12.6. The average Bonchev–Trinajstić information content (AvgIpc) is 2.89. The lowest BCUT2D eigenvalue weighted by atomic mass is 9.69. The van der Waals surface area contributed by atoms with Gasteiger partial charge in [0, 0.05) is 29.3 Å². The lowest BCUT2D eigenvalue weighted by Gasteiger charge is -2.42. The maximum Gasteiger partial charge on any atom is 0.418 e. The van der Waals surface area contributed by atoms with Gasteiger partial charge in [-0.05, 0) is 67.8 Å². The molecule has 0 spiro atoms. The molecule has 3 aromatic carbocycles. The smallest absolute Gasteiger partial charge is 0.418 e. The van der Waals surface area contributed by atoms with E-state index in [4.69, 9.17) is 4.74 Å². The van der Waals surface area contributed by atoms with Crippen molar-refractivity contribution in [1.82, 2.24) is 0 Å². The Morgan fingerprint density at radius 2 is 1.83 bits per heavy atom. The summed E-state index contributed by atoms with van der Waals surface area (Å²) >= 11 is 0. The summed E-state index contributed by atoms with van der Waals surface area (Å²) in [6.07, 6.45) is -5.54. The Labute approximate surface area is 237 Å². The van der Waals surface area contributed by atoms with Gasteiger partial charge in [-0.15, -0.1) is 0 Å². The Balaban J connectivity index is 1.71. The van der Waals surface area contributed by atoms with E-state index in [0.717, 1.165) is 6.26 Å². The molecule has 0 amide bonds. The minimum atomic E-state index is -5.03. The van der Waals surface area contributed by atoms with Crippen LogP contribution in [0.4, 0.5) is 24.5 Å². The van der Waals surface area contributed by atoms with E-state index in [0.29, 0.717) is 33.6 Å². The first-order valence-corrected chi connectivity index (χ1v) is 14.7. The number of para-hydroxylation sites is 1. The van der Waals surface area contributed by atoms with E-state index in [1.807, 2.05) is 18.2 Å². The van der Waals surface area contributed by atoms with Gasteiger partial charge in [-0.1, -0.05) is 37.0 Å². The Morgan fingerprint density at radius 1 is 1.12 bits per heavy atom. The van der Waals surface area contributed by atoms with Crippen LogP contribution >= 0.6 is 0 Å². The standard InChI is InChI=1S/C31H29F3N2O4S/c1-21-16-22(19-35)17-27(36-23-8-5-4-6-9-23)25(21)10-7-13-30(37,31(32,33)34)20-29(2)14-15-40-28-12-11-24(18-26(28)29)41(3,38)39/h4-6,8-9,11-12,16-18,36-37H,13-15,20H2,1-3H3. The van der Waals surface area contributed by atoms with E-state index in [1.54, 1.807) is 38.1 Å². The summed E-state index contributed by atoms with van der Waals surface area (Å²) in [5.41, 5.74) is -1.65. The van der Waals surface area contributed by atoms with Crippen LogP contribution < -0.4 is 10.1 Å². The zero-order valence-electron chi connectivity index (χ0n) is 22.8. The van der Waals surface area contributed by atoms with E-state index in [2.05, 4.69) is 23.2 Å². The second kappa shape index (κ2) is 11.1. The molecule has 2 atom stereocenters. The summed E-state index contributed by atoms with van der Waals surface area (Å²) in [6, 6.07) is 18.4. The van der Waals surface area contributed by atoms with Gasteiger partial charge in [0.1, 0.15) is 5.75 Å². The molecule has 2 unspecified atom stereocenters. The zero-order valence-corrected chi connectivity index (χ0v) is 23.6. The van der Waals surface area contributed by atoms with Crippen LogP contribution in [0.15, 0.2) is 65.6 Å². The highest BCUT2D eigenvalue weighted by Gasteiger charge is 2.57. The molecule has 4 rings (SSSR count). The Hall–Kier alpha value is -3.99. The van der Waals surface area contributed by atoms with Crippen LogP contribution in [-0.2, 0) is 15.3 Å². The zero-order chi connectivity index (χ0) is 30.1. The molecule has 2 N–H and O–H groups in total. The number of halogens is 3. The normalized spacial score (nSPS) is 18.1. The molecule has 0 saturated carbocycles. The van der Waals surface area contributed by atoms with E-state index >= 15 is 0 Å². The molecule has 41 heavy (non-hydrogen) atoms. The van der Waals surface area contributed by atoms with Gasteiger partial charge in [0.25, 0.3) is 0 Å². The minimum absolute atomic E-state index is 0.0435.